The van der Waals surface area contributed by atoms with E-state index in [9.17, 15) is 8.42 Å². The minimum atomic E-state index is -3.65. The number of fused-ring (bicyclic) bond motifs is 1. The van der Waals surface area contributed by atoms with Crippen LogP contribution in [0, 0.1) is 0 Å². The molecule has 0 atom stereocenters. The van der Waals surface area contributed by atoms with Gasteiger partial charge in [-0.05, 0) is 42.7 Å². The second-order valence-corrected chi connectivity index (χ2v) is 7.33. The number of benzene rings is 2. The Kier molecular flexibility index (Phi) is 3.84. The topological polar surface area (TPSA) is 64.0 Å². The number of aromatic nitrogens is 2. The molecule has 114 valence electrons. The van der Waals surface area contributed by atoms with Crippen LogP contribution in [0.25, 0.3) is 11.0 Å². The summed E-state index contributed by atoms with van der Waals surface area (Å²) in [5.41, 5.74) is 1.62. The van der Waals surface area contributed by atoms with Gasteiger partial charge in [0, 0.05) is 11.9 Å². The maximum atomic E-state index is 12.5. The molecule has 1 N–H and O–H groups in total. The van der Waals surface area contributed by atoms with Gasteiger partial charge in [-0.25, -0.2) is 18.1 Å². The molecule has 1 aromatic heterocycles. The van der Waals surface area contributed by atoms with Crippen molar-refractivity contribution in [1.29, 1.82) is 0 Å². The van der Waals surface area contributed by atoms with Crippen LogP contribution in [0.4, 0.5) is 5.95 Å². The normalized spacial score (nSPS) is 11.7. The van der Waals surface area contributed by atoms with E-state index in [0.717, 1.165) is 15.9 Å². The van der Waals surface area contributed by atoms with Gasteiger partial charge < -0.3 is 4.57 Å². The largest absolute Gasteiger partial charge is 0.313 e. The van der Waals surface area contributed by atoms with Crippen LogP contribution in [0.3, 0.4) is 0 Å². The van der Waals surface area contributed by atoms with E-state index in [1.165, 1.54) is 0 Å². The molecule has 0 saturated heterocycles. The second-order valence-electron chi connectivity index (χ2n) is 4.76. The lowest BCUT2D eigenvalue weighted by molar-refractivity contribution is 0.600. The molecule has 7 heteroatoms. The number of anilines is 1. The Morgan fingerprint density at radius 1 is 1.09 bits per heavy atom. The third-order valence-electron chi connectivity index (χ3n) is 3.38. The van der Waals surface area contributed by atoms with Gasteiger partial charge in [0.1, 0.15) is 0 Å². The standard InChI is InChI=1S/C15H15N3O2S2/c1-18-14-6-4-3-5-13(14)16-15(18)17-22(19,20)12-9-7-11(21-2)8-10-12/h3-10H,1-2H3,(H,16,17). The Hall–Kier alpha value is -1.99. The van der Waals surface area contributed by atoms with Crippen molar-refractivity contribution in [3.8, 4) is 0 Å². The summed E-state index contributed by atoms with van der Waals surface area (Å²) in [6, 6.07) is 14.3. The Bertz CT molecular complexity index is 916. The van der Waals surface area contributed by atoms with E-state index in [1.807, 2.05) is 30.5 Å². The number of nitrogens with one attached hydrogen (secondary N) is 1. The van der Waals surface area contributed by atoms with Crippen LogP contribution in [-0.2, 0) is 17.1 Å². The number of hydrogen-bond donors (Lipinski definition) is 1. The first-order valence-electron chi connectivity index (χ1n) is 6.59. The van der Waals surface area contributed by atoms with Crippen molar-refractivity contribution in [1.82, 2.24) is 9.55 Å². The highest BCUT2D eigenvalue weighted by molar-refractivity contribution is 7.98. The van der Waals surface area contributed by atoms with Crippen molar-refractivity contribution in [2.24, 2.45) is 7.05 Å². The van der Waals surface area contributed by atoms with Gasteiger partial charge in [-0.3, -0.25) is 0 Å². The van der Waals surface area contributed by atoms with Crippen molar-refractivity contribution >= 4 is 38.8 Å². The number of hydrogen-bond acceptors (Lipinski definition) is 4. The molecule has 22 heavy (non-hydrogen) atoms. The van der Waals surface area contributed by atoms with E-state index in [2.05, 4.69) is 9.71 Å². The van der Waals surface area contributed by atoms with Crippen molar-refractivity contribution < 1.29 is 8.42 Å². The lowest BCUT2D eigenvalue weighted by Gasteiger charge is -2.08. The number of rotatable bonds is 4. The van der Waals surface area contributed by atoms with Crippen LogP contribution in [0.5, 0.6) is 0 Å². The zero-order chi connectivity index (χ0) is 15.7. The fourth-order valence-electron chi connectivity index (χ4n) is 2.17. The van der Waals surface area contributed by atoms with Gasteiger partial charge in [-0.15, -0.1) is 11.8 Å². The first kappa shape index (κ1) is 14.9. The van der Waals surface area contributed by atoms with Crippen LogP contribution >= 0.6 is 11.8 Å². The SMILES string of the molecule is CSc1ccc(S(=O)(=O)Nc2nc3ccccc3n2C)cc1. The van der Waals surface area contributed by atoms with Crippen LogP contribution in [0.2, 0.25) is 0 Å². The van der Waals surface area contributed by atoms with Crippen LogP contribution in [0.15, 0.2) is 58.3 Å². The highest BCUT2D eigenvalue weighted by Gasteiger charge is 2.17. The molecule has 0 unspecified atom stereocenters. The molecular weight excluding hydrogens is 318 g/mol. The van der Waals surface area contributed by atoms with E-state index in [-0.39, 0.29) is 4.90 Å². The zero-order valence-corrected chi connectivity index (χ0v) is 13.8. The summed E-state index contributed by atoms with van der Waals surface area (Å²) in [6.07, 6.45) is 1.95. The molecule has 5 nitrogen and oxygen atoms in total. The number of thioether (sulfide) groups is 1. The van der Waals surface area contributed by atoms with E-state index in [4.69, 9.17) is 0 Å². The average Bonchev–Trinajstić information content (AvgIpc) is 2.83. The average molecular weight is 333 g/mol. The highest BCUT2D eigenvalue weighted by atomic mass is 32.2. The molecule has 2 aromatic carbocycles. The second kappa shape index (κ2) is 5.66. The summed E-state index contributed by atoms with van der Waals surface area (Å²) in [6.45, 7) is 0. The molecule has 0 radical (unpaired) electrons. The molecule has 0 aliphatic heterocycles. The first-order chi connectivity index (χ1) is 10.5. The quantitative estimate of drug-likeness (QED) is 0.745. The van der Waals surface area contributed by atoms with E-state index in [1.54, 1.807) is 47.6 Å². The Morgan fingerprint density at radius 3 is 2.41 bits per heavy atom. The number of sulfonamides is 1. The maximum Gasteiger partial charge on any atom is 0.264 e. The molecule has 0 fully saturated rings. The predicted octanol–water partition coefficient (Wildman–Crippen LogP) is 3.10. The Morgan fingerprint density at radius 2 is 1.77 bits per heavy atom. The molecule has 0 saturated carbocycles. The zero-order valence-electron chi connectivity index (χ0n) is 12.1. The molecule has 0 aliphatic carbocycles. The van der Waals surface area contributed by atoms with Gasteiger partial charge in [-0.2, -0.15) is 0 Å². The fourth-order valence-corrected chi connectivity index (χ4v) is 3.61. The highest BCUT2D eigenvalue weighted by Crippen LogP contribution is 2.22. The summed E-state index contributed by atoms with van der Waals surface area (Å²) >= 11 is 1.57. The fraction of sp³-hybridized carbons (Fsp3) is 0.133. The molecule has 0 bridgehead atoms. The van der Waals surface area contributed by atoms with E-state index in [0.29, 0.717) is 5.95 Å². The summed E-state index contributed by atoms with van der Waals surface area (Å²) in [5, 5.41) is 0. The van der Waals surface area contributed by atoms with Gasteiger partial charge in [0.2, 0.25) is 5.95 Å². The molecule has 0 spiro atoms. The van der Waals surface area contributed by atoms with Gasteiger partial charge in [0.15, 0.2) is 0 Å². The lowest BCUT2D eigenvalue weighted by atomic mass is 10.3. The summed E-state index contributed by atoms with van der Waals surface area (Å²) in [7, 11) is -1.87. The molecule has 3 rings (SSSR count). The van der Waals surface area contributed by atoms with Crippen molar-refractivity contribution in [2.75, 3.05) is 11.0 Å². The molecule has 0 aliphatic rings. The van der Waals surface area contributed by atoms with Gasteiger partial charge >= 0.3 is 0 Å². The number of nitrogens with zero attached hydrogens (tertiary/aromatic N) is 2. The van der Waals surface area contributed by atoms with Crippen molar-refractivity contribution in [3.63, 3.8) is 0 Å². The minimum Gasteiger partial charge on any atom is -0.313 e. The Balaban J connectivity index is 1.97. The molecule has 3 aromatic rings. The van der Waals surface area contributed by atoms with Crippen LogP contribution in [0.1, 0.15) is 0 Å². The number of para-hydroxylation sites is 2. The molecule has 1 heterocycles. The monoisotopic (exact) mass is 333 g/mol. The summed E-state index contributed by atoms with van der Waals surface area (Å²) < 4.78 is 29.2. The van der Waals surface area contributed by atoms with Gasteiger partial charge in [0.25, 0.3) is 10.0 Å². The third kappa shape index (κ3) is 2.69. The van der Waals surface area contributed by atoms with E-state index >= 15 is 0 Å². The van der Waals surface area contributed by atoms with Gasteiger partial charge in [-0.1, -0.05) is 12.1 Å². The Labute approximate surface area is 133 Å². The van der Waals surface area contributed by atoms with Crippen LogP contribution < -0.4 is 4.72 Å². The lowest BCUT2D eigenvalue weighted by Crippen LogP contribution is -2.15. The predicted molar refractivity (Wildman–Crippen MR) is 89.7 cm³/mol. The van der Waals surface area contributed by atoms with Crippen molar-refractivity contribution in [3.05, 3.63) is 48.5 Å². The molecule has 0 amide bonds. The van der Waals surface area contributed by atoms with E-state index < -0.39 is 10.0 Å². The first-order valence-corrected chi connectivity index (χ1v) is 9.30. The smallest absolute Gasteiger partial charge is 0.264 e. The van der Waals surface area contributed by atoms with Crippen LogP contribution in [-0.4, -0.2) is 24.2 Å². The summed E-state index contributed by atoms with van der Waals surface area (Å²) in [4.78, 5) is 5.56. The maximum absolute atomic E-state index is 12.5. The number of imidazole rings is 1. The summed E-state index contributed by atoms with van der Waals surface area (Å²) in [5.74, 6) is 0.301. The molecular formula is C15H15N3O2S2. The number of aryl methyl sites for hydroxylation is 1. The third-order valence-corrected chi connectivity index (χ3v) is 5.47. The minimum absolute atomic E-state index is 0.220. The van der Waals surface area contributed by atoms with Crippen molar-refractivity contribution in [2.45, 2.75) is 9.79 Å². The van der Waals surface area contributed by atoms with Gasteiger partial charge in [0.05, 0.1) is 15.9 Å².